The van der Waals surface area contributed by atoms with Crippen molar-refractivity contribution in [2.75, 3.05) is 5.33 Å². The van der Waals surface area contributed by atoms with E-state index in [1.807, 2.05) is 19.4 Å². The molecule has 0 aliphatic heterocycles. The summed E-state index contributed by atoms with van der Waals surface area (Å²) in [6, 6.07) is 0. The van der Waals surface area contributed by atoms with Gasteiger partial charge in [0, 0.05) is 5.92 Å². The molecule has 0 N–H and O–H groups in total. The van der Waals surface area contributed by atoms with Crippen LogP contribution in [0, 0.1) is 40.4 Å². The molecule has 0 aromatic rings. The lowest BCUT2D eigenvalue weighted by Crippen LogP contribution is -2.48. The molecule has 0 heterocycles. The Hall–Kier alpha value is -0.110. The van der Waals surface area contributed by atoms with Crippen LogP contribution >= 0.6 is 15.9 Å². The van der Waals surface area contributed by atoms with Gasteiger partial charge in [0.2, 0.25) is 0 Å². The maximum atomic E-state index is 12.5. The molecule has 7 unspecified atom stereocenters. The molecular formula is C24H39BrO. The zero-order valence-corrected chi connectivity index (χ0v) is 19.2. The number of alkyl halides is 1. The van der Waals surface area contributed by atoms with Gasteiger partial charge in [-0.15, -0.1) is 0 Å². The van der Waals surface area contributed by atoms with Crippen molar-refractivity contribution in [3.05, 3.63) is 11.6 Å². The average Bonchev–Trinajstić information content (AvgIpc) is 3.00. The van der Waals surface area contributed by atoms with Gasteiger partial charge >= 0.3 is 0 Å². The first-order valence-electron chi connectivity index (χ1n) is 11.2. The largest absolute Gasteiger partial charge is 0.298 e. The van der Waals surface area contributed by atoms with Gasteiger partial charge in [-0.2, -0.15) is 0 Å². The van der Waals surface area contributed by atoms with Crippen molar-refractivity contribution >= 4 is 21.7 Å². The summed E-state index contributed by atoms with van der Waals surface area (Å²) in [7, 11) is 0. The molecule has 0 radical (unpaired) electrons. The number of hydrogen-bond acceptors (Lipinski definition) is 1. The topological polar surface area (TPSA) is 17.1 Å². The highest BCUT2D eigenvalue weighted by Crippen LogP contribution is 2.65. The van der Waals surface area contributed by atoms with Gasteiger partial charge in [0.1, 0.15) is 5.78 Å². The van der Waals surface area contributed by atoms with Gasteiger partial charge in [0.15, 0.2) is 0 Å². The van der Waals surface area contributed by atoms with Crippen molar-refractivity contribution in [1.29, 1.82) is 0 Å². The fraction of sp³-hybridized carbons (Fsp3) is 0.875. The highest BCUT2D eigenvalue weighted by atomic mass is 79.9. The van der Waals surface area contributed by atoms with Gasteiger partial charge in [0.05, 0.1) is 5.33 Å². The Kier molecular flexibility index (Phi) is 6.12. The Labute approximate surface area is 169 Å². The normalized spacial score (nSPS) is 46.8. The van der Waals surface area contributed by atoms with Crippen LogP contribution in [0.1, 0.15) is 86.0 Å². The third-order valence-corrected chi connectivity index (χ3v) is 9.36. The Bertz CT molecular complexity index is 567. The van der Waals surface area contributed by atoms with Crippen LogP contribution in [0.3, 0.4) is 0 Å². The minimum Gasteiger partial charge on any atom is -0.298 e. The molecule has 4 rings (SSSR count). The van der Waals surface area contributed by atoms with Gasteiger partial charge in [-0.3, -0.25) is 4.79 Å². The standard InChI is InChI=1S/C22H33BrO.C2H6/c1-14-8-10-21(2)15(12-14)4-5-16-17-6-7-19(20(24)13-23)22(17,3)11-9-18(16)21;1-2/h9,14-17,19H,4-8,10-13H2,1-3H3;1-2H3. The van der Waals surface area contributed by atoms with E-state index in [9.17, 15) is 4.79 Å². The molecule has 4 aliphatic carbocycles. The Morgan fingerprint density at radius 3 is 2.58 bits per heavy atom. The Balaban J connectivity index is 0.000000948. The molecule has 3 fully saturated rings. The van der Waals surface area contributed by atoms with Crippen molar-refractivity contribution in [1.82, 2.24) is 0 Å². The molecule has 0 aromatic carbocycles. The van der Waals surface area contributed by atoms with Crippen molar-refractivity contribution < 1.29 is 4.79 Å². The van der Waals surface area contributed by atoms with Crippen LogP contribution < -0.4 is 0 Å². The van der Waals surface area contributed by atoms with Crippen LogP contribution in [0.2, 0.25) is 0 Å². The summed E-state index contributed by atoms with van der Waals surface area (Å²) >= 11 is 3.43. The highest BCUT2D eigenvalue weighted by Gasteiger charge is 2.57. The molecule has 1 nitrogen and oxygen atoms in total. The summed E-state index contributed by atoms with van der Waals surface area (Å²) < 4.78 is 0. The summed E-state index contributed by atoms with van der Waals surface area (Å²) in [6.45, 7) is 11.5. The van der Waals surface area contributed by atoms with Crippen molar-refractivity contribution in [3.63, 3.8) is 0 Å². The van der Waals surface area contributed by atoms with Gasteiger partial charge in [0.25, 0.3) is 0 Å². The zero-order chi connectivity index (χ0) is 19.1. The number of carbonyl (C=O) groups is 1. The molecule has 0 aromatic heterocycles. The number of allylic oxidation sites excluding steroid dienone is 2. The Morgan fingerprint density at radius 1 is 1.15 bits per heavy atom. The molecular weight excluding hydrogens is 384 g/mol. The number of carbonyl (C=O) groups excluding carboxylic acids is 1. The zero-order valence-electron chi connectivity index (χ0n) is 17.6. The minimum atomic E-state index is 0.226. The smallest absolute Gasteiger partial charge is 0.147 e. The third kappa shape index (κ3) is 3.07. The molecule has 0 spiro atoms. The monoisotopic (exact) mass is 422 g/mol. The molecule has 3 saturated carbocycles. The second kappa shape index (κ2) is 7.72. The lowest BCUT2D eigenvalue weighted by Gasteiger charge is -2.57. The van der Waals surface area contributed by atoms with E-state index in [-0.39, 0.29) is 11.3 Å². The maximum absolute atomic E-state index is 12.5. The highest BCUT2D eigenvalue weighted by molar-refractivity contribution is 9.09. The van der Waals surface area contributed by atoms with E-state index >= 15 is 0 Å². The first kappa shape index (κ1) is 20.6. The molecule has 4 aliphatic rings. The molecule has 0 bridgehead atoms. The van der Waals surface area contributed by atoms with Gasteiger partial charge in [-0.05, 0) is 85.9 Å². The van der Waals surface area contributed by atoms with Gasteiger partial charge in [-0.1, -0.05) is 62.2 Å². The predicted molar refractivity (Wildman–Crippen MR) is 115 cm³/mol. The maximum Gasteiger partial charge on any atom is 0.147 e. The molecule has 148 valence electrons. The summed E-state index contributed by atoms with van der Waals surface area (Å²) in [5, 5.41) is 0.541. The number of halogens is 1. The number of hydrogen-bond donors (Lipinski definition) is 0. The average molecular weight is 423 g/mol. The van der Waals surface area contributed by atoms with Gasteiger partial charge in [-0.25, -0.2) is 0 Å². The fourth-order valence-corrected chi connectivity index (χ4v) is 7.75. The predicted octanol–water partition coefficient (Wildman–Crippen LogP) is 7.19. The Morgan fingerprint density at radius 2 is 1.88 bits per heavy atom. The minimum absolute atomic E-state index is 0.226. The summed E-state index contributed by atoms with van der Waals surface area (Å²) in [4.78, 5) is 12.5. The summed E-state index contributed by atoms with van der Waals surface area (Å²) in [5.41, 5.74) is 2.51. The molecule has 2 heteroatoms. The van der Waals surface area contributed by atoms with E-state index in [0.29, 0.717) is 16.5 Å². The van der Waals surface area contributed by atoms with E-state index < -0.39 is 0 Å². The fourth-order valence-electron chi connectivity index (χ4n) is 7.36. The van der Waals surface area contributed by atoms with E-state index in [2.05, 4.69) is 42.8 Å². The van der Waals surface area contributed by atoms with E-state index in [1.165, 1.54) is 38.5 Å². The van der Waals surface area contributed by atoms with Crippen LogP contribution in [0.15, 0.2) is 11.6 Å². The van der Waals surface area contributed by atoms with Crippen LogP contribution in [0.25, 0.3) is 0 Å². The molecule has 0 saturated heterocycles. The second-order valence-electron chi connectivity index (χ2n) is 9.88. The van der Waals surface area contributed by atoms with Crippen molar-refractivity contribution in [3.8, 4) is 0 Å². The number of ketones is 1. The van der Waals surface area contributed by atoms with E-state index in [1.54, 1.807) is 0 Å². The quantitative estimate of drug-likeness (QED) is 0.339. The van der Waals surface area contributed by atoms with Crippen LogP contribution in [-0.2, 0) is 4.79 Å². The molecule has 0 amide bonds. The second-order valence-corrected chi connectivity index (χ2v) is 10.4. The van der Waals surface area contributed by atoms with Crippen molar-refractivity contribution in [2.45, 2.75) is 86.0 Å². The van der Waals surface area contributed by atoms with E-state index in [4.69, 9.17) is 0 Å². The SMILES string of the molecule is CC.CC1CCC2(C)C3=CCC4(C)C(C(=O)CBr)CCC4C3CCC2C1. The summed E-state index contributed by atoms with van der Waals surface area (Å²) in [5.74, 6) is 4.09. The summed E-state index contributed by atoms with van der Waals surface area (Å²) in [6.07, 6.45) is 13.2. The number of fused-ring (bicyclic) bond motifs is 5. The first-order valence-corrected chi connectivity index (χ1v) is 12.3. The van der Waals surface area contributed by atoms with Gasteiger partial charge < -0.3 is 0 Å². The lowest BCUT2D eigenvalue weighted by atomic mass is 9.48. The number of rotatable bonds is 2. The van der Waals surface area contributed by atoms with Crippen molar-refractivity contribution in [2.24, 2.45) is 40.4 Å². The lowest BCUT2D eigenvalue weighted by molar-refractivity contribution is -0.124. The van der Waals surface area contributed by atoms with Crippen LogP contribution in [-0.4, -0.2) is 11.1 Å². The first-order chi connectivity index (χ1) is 12.4. The number of Topliss-reactive ketones (excluding diaryl/α,β-unsaturated/α-hetero) is 1. The van der Waals surface area contributed by atoms with Crippen LogP contribution in [0.5, 0.6) is 0 Å². The third-order valence-electron chi connectivity index (χ3n) is 8.81. The molecule has 7 atom stereocenters. The van der Waals surface area contributed by atoms with Crippen LogP contribution in [0.4, 0.5) is 0 Å². The molecule has 26 heavy (non-hydrogen) atoms. The van der Waals surface area contributed by atoms with E-state index in [0.717, 1.165) is 36.5 Å².